The van der Waals surface area contributed by atoms with E-state index in [4.69, 9.17) is 10.5 Å². The standard InChI is InChI=1S/C16H26N2O/c1-4-19-16-11-14(7-8-15(16)17)18(13-5-6-13)10-9-12(2)3/h7-8,11-13H,4-6,9-10,17H2,1-3H3. The molecule has 3 nitrogen and oxygen atoms in total. The molecule has 1 aliphatic carbocycles. The van der Waals surface area contributed by atoms with E-state index in [0.717, 1.165) is 29.9 Å². The van der Waals surface area contributed by atoms with Crippen LogP contribution in [0.3, 0.4) is 0 Å². The molecule has 0 aliphatic heterocycles. The van der Waals surface area contributed by atoms with Gasteiger partial charge in [0.25, 0.3) is 0 Å². The molecule has 0 bridgehead atoms. The maximum atomic E-state index is 5.95. The lowest BCUT2D eigenvalue weighted by Crippen LogP contribution is -2.27. The Labute approximate surface area is 116 Å². The predicted molar refractivity (Wildman–Crippen MR) is 81.8 cm³/mol. The highest BCUT2D eigenvalue weighted by Crippen LogP contribution is 2.35. The van der Waals surface area contributed by atoms with Gasteiger partial charge in [-0.2, -0.15) is 0 Å². The summed E-state index contributed by atoms with van der Waals surface area (Å²) < 4.78 is 5.60. The fourth-order valence-electron chi connectivity index (χ4n) is 2.29. The molecule has 106 valence electrons. The highest BCUT2D eigenvalue weighted by Gasteiger charge is 2.29. The van der Waals surface area contributed by atoms with Crippen molar-refractivity contribution >= 4 is 11.4 Å². The zero-order chi connectivity index (χ0) is 13.8. The van der Waals surface area contributed by atoms with E-state index < -0.39 is 0 Å². The van der Waals surface area contributed by atoms with Gasteiger partial charge >= 0.3 is 0 Å². The molecule has 1 aromatic carbocycles. The van der Waals surface area contributed by atoms with E-state index in [1.54, 1.807) is 0 Å². The summed E-state index contributed by atoms with van der Waals surface area (Å²) in [7, 11) is 0. The fourth-order valence-corrected chi connectivity index (χ4v) is 2.29. The average molecular weight is 262 g/mol. The summed E-state index contributed by atoms with van der Waals surface area (Å²) in [5.74, 6) is 1.55. The van der Waals surface area contributed by atoms with Crippen LogP contribution in [0.25, 0.3) is 0 Å². The van der Waals surface area contributed by atoms with E-state index >= 15 is 0 Å². The van der Waals surface area contributed by atoms with E-state index in [-0.39, 0.29) is 0 Å². The number of hydrogen-bond donors (Lipinski definition) is 1. The molecular weight excluding hydrogens is 236 g/mol. The zero-order valence-electron chi connectivity index (χ0n) is 12.4. The maximum absolute atomic E-state index is 5.95. The van der Waals surface area contributed by atoms with Crippen molar-refractivity contribution in [2.75, 3.05) is 23.8 Å². The molecule has 19 heavy (non-hydrogen) atoms. The van der Waals surface area contributed by atoms with Crippen molar-refractivity contribution in [2.45, 2.75) is 46.1 Å². The number of benzene rings is 1. The normalized spacial score (nSPS) is 14.7. The van der Waals surface area contributed by atoms with Gasteiger partial charge < -0.3 is 15.4 Å². The molecular formula is C16H26N2O. The molecule has 0 heterocycles. The van der Waals surface area contributed by atoms with E-state index in [2.05, 4.69) is 30.9 Å². The molecule has 0 spiro atoms. The minimum Gasteiger partial charge on any atom is -0.492 e. The first-order valence-electron chi connectivity index (χ1n) is 7.40. The van der Waals surface area contributed by atoms with Crippen LogP contribution in [0.1, 0.15) is 40.0 Å². The zero-order valence-corrected chi connectivity index (χ0v) is 12.4. The van der Waals surface area contributed by atoms with Crippen LogP contribution in [-0.2, 0) is 0 Å². The lowest BCUT2D eigenvalue weighted by atomic mass is 10.1. The number of hydrogen-bond acceptors (Lipinski definition) is 3. The van der Waals surface area contributed by atoms with Crippen molar-refractivity contribution in [1.82, 2.24) is 0 Å². The van der Waals surface area contributed by atoms with Crippen molar-refractivity contribution in [3.8, 4) is 5.75 Å². The van der Waals surface area contributed by atoms with Gasteiger partial charge in [-0.1, -0.05) is 13.8 Å². The summed E-state index contributed by atoms with van der Waals surface area (Å²) in [4.78, 5) is 2.52. The summed E-state index contributed by atoms with van der Waals surface area (Å²) in [6.45, 7) is 8.32. The minimum atomic E-state index is 0.656. The van der Waals surface area contributed by atoms with Crippen molar-refractivity contribution in [3.63, 3.8) is 0 Å². The lowest BCUT2D eigenvalue weighted by molar-refractivity contribution is 0.342. The maximum Gasteiger partial charge on any atom is 0.144 e. The Morgan fingerprint density at radius 1 is 1.37 bits per heavy atom. The summed E-state index contributed by atoms with van der Waals surface area (Å²) in [6.07, 6.45) is 3.85. The van der Waals surface area contributed by atoms with E-state index in [0.29, 0.717) is 6.61 Å². The highest BCUT2D eigenvalue weighted by atomic mass is 16.5. The molecule has 0 aromatic heterocycles. The van der Waals surface area contributed by atoms with Crippen LogP contribution < -0.4 is 15.4 Å². The van der Waals surface area contributed by atoms with E-state index in [9.17, 15) is 0 Å². The molecule has 1 fully saturated rings. The molecule has 0 unspecified atom stereocenters. The van der Waals surface area contributed by atoms with Crippen LogP contribution in [0, 0.1) is 5.92 Å². The second-order valence-electron chi connectivity index (χ2n) is 5.76. The quantitative estimate of drug-likeness (QED) is 0.762. The van der Waals surface area contributed by atoms with Gasteiger partial charge in [0.1, 0.15) is 5.75 Å². The summed E-state index contributed by atoms with van der Waals surface area (Å²) in [6, 6.07) is 6.90. The lowest BCUT2D eigenvalue weighted by Gasteiger charge is -2.26. The van der Waals surface area contributed by atoms with E-state index in [1.807, 2.05) is 13.0 Å². The minimum absolute atomic E-state index is 0.656. The Morgan fingerprint density at radius 2 is 2.11 bits per heavy atom. The average Bonchev–Trinajstić information content (AvgIpc) is 3.17. The molecule has 1 aromatic rings. The first kappa shape index (κ1) is 14.0. The van der Waals surface area contributed by atoms with Crippen LogP contribution in [0.4, 0.5) is 11.4 Å². The molecule has 0 amide bonds. The Hall–Kier alpha value is -1.38. The smallest absolute Gasteiger partial charge is 0.144 e. The first-order chi connectivity index (χ1) is 9.11. The largest absolute Gasteiger partial charge is 0.492 e. The monoisotopic (exact) mass is 262 g/mol. The second-order valence-corrected chi connectivity index (χ2v) is 5.76. The van der Waals surface area contributed by atoms with E-state index in [1.165, 1.54) is 24.9 Å². The van der Waals surface area contributed by atoms with Gasteiger partial charge in [0.2, 0.25) is 0 Å². The van der Waals surface area contributed by atoms with Crippen LogP contribution >= 0.6 is 0 Å². The van der Waals surface area contributed by atoms with Crippen molar-refractivity contribution in [2.24, 2.45) is 5.92 Å². The van der Waals surface area contributed by atoms with Crippen molar-refractivity contribution in [3.05, 3.63) is 18.2 Å². The van der Waals surface area contributed by atoms with Gasteiger partial charge in [0, 0.05) is 24.3 Å². The van der Waals surface area contributed by atoms with Gasteiger partial charge in [-0.15, -0.1) is 0 Å². The SMILES string of the molecule is CCOc1cc(N(CCC(C)C)C2CC2)ccc1N. The molecule has 1 aliphatic rings. The molecule has 2 rings (SSSR count). The molecule has 0 radical (unpaired) electrons. The van der Waals surface area contributed by atoms with Gasteiger partial charge in [-0.3, -0.25) is 0 Å². The second kappa shape index (κ2) is 6.18. The first-order valence-corrected chi connectivity index (χ1v) is 7.40. The van der Waals surface area contributed by atoms with Crippen LogP contribution in [-0.4, -0.2) is 19.2 Å². The summed E-state index contributed by atoms with van der Waals surface area (Å²) in [5, 5.41) is 0. The molecule has 0 saturated heterocycles. The van der Waals surface area contributed by atoms with Crippen LogP contribution in [0.15, 0.2) is 18.2 Å². The van der Waals surface area contributed by atoms with Crippen molar-refractivity contribution in [1.29, 1.82) is 0 Å². The van der Waals surface area contributed by atoms with Crippen LogP contribution in [0.5, 0.6) is 5.75 Å². The number of rotatable bonds is 7. The summed E-state index contributed by atoms with van der Waals surface area (Å²) in [5.41, 5.74) is 7.92. The third-order valence-corrected chi connectivity index (χ3v) is 3.56. The third kappa shape index (κ3) is 3.79. The number of nitrogens with zero attached hydrogens (tertiary/aromatic N) is 1. The number of ether oxygens (including phenoxy) is 1. The molecule has 3 heteroatoms. The Kier molecular flexibility index (Phi) is 4.56. The molecule has 1 saturated carbocycles. The van der Waals surface area contributed by atoms with Gasteiger partial charge in [-0.25, -0.2) is 0 Å². The van der Waals surface area contributed by atoms with Gasteiger partial charge in [0.15, 0.2) is 0 Å². The Bertz CT molecular complexity index is 413. The predicted octanol–water partition coefficient (Wildman–Crippen LogP) is 3.68. The van der Waals surface area contributed by atoms with Crippen molar-refractivity contribution < 1.29 is 4.74 Å². The highest BCUT2D eigenvalue weighted by molar-refractivity contribution is 5.63. The number of anilines is 2. The van der Waals surface area contributed by atoms with Gasteiger partial charge in [-0.05, 0) is 44.2 Å². The third-order valence-electron chi connectivity index (χ3n) is 3.56. The summed E-state index contributed by atoms with van der Waals surface area (Å²) >= 11 is 0. The number of nitrogen functional groups attached to an aromatic ring is 1. The molecule has 0 atom stereocenters. The topological polar surface area (TPSA) is 38.5 Å². The fraction of sp³-hybridized carbons (Fsp3) is 0.625. The molecule has 2 N–H and O–H groups in total. The Balaban J connectivity index is 2.14. The van der Waals surface area contributed by atoms with Gasteiger partial charge in [0.05, 0.1) is 12.3 Å². The van der Waals surface area contributed by atoms with Crippen LogP contribution in [0.2, 0.25) is 0 Å². The Morgan fingerprint density at radius 3 is 2.68 bits per heavy atom. The number of nitrogens with two attached hydrogens (primary N) is 1.